The lowest BCUT2D eigenvalue weighted by Gasteiger charge is -2.29. The monoisotopic (exact) mass is 396 g/mol. The first-order chi connectivity index (χ1) is 13.1. The molecule has 0 aromatic heterocycles. The van der Waals surface area contributed by atoms with Crippen molar-refractivity contribution in [3.8, 4) is 0 Å². The van der Waals surface area contributed by atoms with Crippen LogP contribution in [0.1, 0.15) is 52.9 Å². The summed E-state index contributed by atoms with van der Waals surface area (Å²) in [5.41, 5.74) is 6.00. The van der Waals surface area contributed by atoms with Crippen LogP contribution >= 0.6 is 0 Å². The number of carboxylic acids is 1. The van der Waals surface area contributed by atoms with Gasteiger partial charge in [-0.2, -0.15) is 0 Å². The van der Waals surface area contributed by atoms with Crippen LogP contribution in [0.2, 0.25) is 0 Å². The fraction of sp³-hybridized carbons (Fsp3) is 0.789. The summed E-state index contributed by atoms with van der Waals surface area (Å²) in [5, 5.41) is 11.9. The van der Waals surface area contributed by atoms with Crippen LogP contribution in [-0.4, -0.2) is 75.9 Å². The molecular weight excluding hydrogens is 364 g/mol. The van der Waals surface area contributed by atoms with Gasteiger partial charge in [0.05, 0.1) is 6.04 Å². The van der Waals surface area contributed by atoms with Crippen molar-refractivity contribution in [1.29, 1.82) is 0 Å². The van der Waals surface area contributed by atoms with Crippen LogP contribution in [0.3, 0.4) is 0 Å². The minimum atomic E-state index is -1.03. The molecule has 4 unspecified atom stereocenters. The fourth-order valence-corrected chi connectivity index (χ4v) is 4.03. The Morgan fingerprint density at radius 1 is 1.00 bits per heavy atom. The molecule has 2 heterocycles. The van der Waals surface area contributed by atoms with E-state index in [4.69, 9.17) is 5.73 Å². The van der Waals surface area contributed by atoms with E-state index in [2.05, 4.69) is 5.32 Å². The van der Waals surface area contributed by atoms with Gasteiger partial charge in [0.25, 0.3) is 0 Å². The van der Waals surface area contributed by atoms with E-state index in [0.717, 1.165) is 0 Å². The summed E-state index contributed by atoms with van der Waals surface area (Å²) in [7, 11) is 0. The minimum Gasteiger partial charge on any atom is -0.480 e. The smallest absolute Gasteiger partial charge is 0.326 e. The lowest BCUT2D eigenvalue weighted by Crippen LogP contribution is -2.55. The maximum atomic E-state index is 12.7. The first-order valence-electron chi connectivity index (χ1n) is 10.0. The largest absolute Gasteiger partial charge is 0.480 e. The van der Waals surface area contributed by atoms with E-state index >= 15 is 0 Å². The first-order valence-corrected chi connectivity index (χ1v) is 10.0. The highest BCUT2D eigenvalue weighted by atomic mass is 16.4. The quantitative estimate of drug-likeness (QED) is 0.552. The molecule has 2 aliphatic rings. The molecule has 2 rings (SSSR count). The molecular formula is C19H32N4O5. The molecule has 0 spiro atoms. The van der Waals surface area contributed by atoms with Crippen molar-refractivity contribution in [3.05, 3.63) is 0 Å². The second-order valence-electron chi connectivity index (χ2n) is 8.18. The fourth-order valence-electron chi connectivity index (χ4n) is 4.03. The zero-order valence-electron chi connectivity index (χ0n) is 16.9. The van der Waals surface area contributed by atoms with E-state index in [1.165, 1.54) is 9.80 Å². The lowest BCUT2D eigenvalue weighted by atomic mass is 10.0. The van der Waals surface area contributed by atoms with Crippen molar-refractivity contribution in [3.63, 3.8) is 0 Å². The van der Waals surface area contributed by atoms with Crippen molar-refractivity contribution in [2.24, 2.45) is 11.7 Å². The van der Waals surface area contributed by atoms with Crippen LogP contribution < -0.4 is 11.1 Å². The van der Waals surface area contributed by atoms with Crippen LogP contribution in [0.25, 0.3) is 0 Å². The van der Waals surface area contributed by atoms with E-state index in [-0.39, 0.29) is 11.8 Å². The van der Waals surface area contributed by atoms with Gasteiger partial charge in [0.15, 0.2) is 0 Å². The van der Waals surface area contributed by atoms with Gasteiger partial charge >= 0.3 is 5.97 Å². The number of rotatable bonds is 7. The van der Waals surface area contributed by atoms with Gasteiger partial charge < -0.3 is 26.0 Å². The van der Waals surface area contributed by atoms with Gasteiger partial charge in [-0.05, 0) is 44.9 Å². The summed E-state index contributed by atoms with van der Waals surface area (Å²) < 4.78 is 0. The Morgan fingerprint density at radius 2 is 1.54 bits per heavy atom. The Kier molecular flexibility index (Phi) is 7.40. The van der Waals surface area contributed by atoms with Gasteiger partial charge in [0.1, 0.15) is 18.1 Å². The summed E-state index contributed by atoms with van der Waals surface area (Å²) >= 11 is 0. The minimum absolute atomic E-state index is 0.240. The molecule has 0 bridgehead atoms. The second kappa shape index (κ2) is 9.36. The average Bonchev–Trinajstić information content (AvgIpc) is 3.28. The van der Waals surface area contributed by atoms with Crippen molar-refractivity contribution >= 4 is 23.7 Å². The molecule has 0 aliphatic carbocycles. The number of carbonyl (C=O) groups is 4. The van der Waals surface area contributed by atoms with E-state index in [9.17, 15) is 24.3 Å². The number of carbonyl (C=O) groups excluding carboxylic acids is 3. The first kappa shape index (κ1) is 22.1. The van der Waals surface area contributed by atoms with Crippen molar-refractivity contribution in [1.82, 2.24) is 15.1 Å². The number of likely N-dealkylation sites (tertiary alicyclic amines) is 2. The molecule has 2 aliphatic heterocycles. The topological polar surface area (TPSA) is 133 Å². The molecule has 9 heteroatoms. The molecule has 3 amide bonds. The predicted octanol–water partition coefficient (Wildman–Crippen LogP) is -0.0689. The van der Waals surface area contributed by atoms with E-state index in [1.54, 1.807) is 6.92 Å². The number of hydrogen-bond acceptors (Lipinski definition) is 5. The van der Waals surface area contributed by atoms with Gasteiger partial charge in [0.2, 0.25) is 17.7 Å². The van der Waals surface area contributed by atoms with Crippen LogP contribution in [-0.2, 0) is 19.2 Å². The molecule has 2 saturated heterocycles. The average molecular weight is 396 g/mol. The number of aliphatic carboxylic acids is 1. The SMILES string of the molecule is CC(C)CC(N)C(=O)N1CCCC1C(=O)NC(C)C(=O)N1CCCC1C(=O)O. The van der Waals surface area contributed by atoms with E-state index < -0.39 is 42.0 Å². The van der Waals surface area contributed by atoms with Gasteiger partial charge in [-0.1, -0.05) is 13.8 Å². The Morgan fingerprint density at radius 3 is 2.07 bits per heavy atom. The molecule has 0 radical (unpaired) electrons. The third-order valence-electron chi connectivity index (χ3n) is 5.43. The van der Waals surface area contributed by atoms with Gasteiger partial charge in [-0.3, -0.25) is 14.4 Å². The van der Waals surface area contributed by atoms with E-state index in [1.807, 2.05) is 13.8 Å². The number of carboxylic acid groups (broad SMARTS) is 1. The molecule has 9 nitrogen and oxygen atoms in total. The van der Waals surface area contributed by atoms with Crippen LogP contribution in [0, 0.1) is 5.92 Å². The van der Waals surface area contributed by atoms with Gasteiger partial charge in [-0.15, -0.1) is 0 Å². The normalized spacial score (nSPS) is 24.3. The third-order valence-corrected chi connectivity index (χ3v) is 5.43. The summed E-state index contributed by atoms with van der Waals surface area (Å²) in [6.45, 7) is 6.35. The number of amides is 3. The maximum absolute atomic E-state index is 12.7. The lowest BCUT2D eigenvalue weighted by molar-refractivity contribution is -0.149. The third kappa shape index (κ3) is 5.01. The molecule has 2 fully saturated rings. The predicted molar refractivity (Wildman–Crippen MR) is 102 cm³/mol. The standard InChI is InChI=1S/C19H32N4O5/c1-11(2)10-13(20)18(26)22-8-4-6-14(22)16(24)21-12(3)17(25)23-9-5-7-15(23)19(27)28/h11-15H,4-10,20H2,1-3H3,(H,21,24)(H,27,28). The summed E-state index contributed by atoms with van der Waals surface area (Å²) in [6, 6.07) is -2.98. The summed E-state index contributed by atoms with van der Waals surface area (Å²) in [5.74, 6) is -1.80. The molecule has 0 saturated carbocycles. The Labute approximate surface area is 165 Å². The number of nitrogens with zero attached hydrogens (tertiary/aromatic N) is 2. The van der Waals surface area contributed by atoms with Crippen molar-refractivity contribution in [2.45, 2.75) is 77.0 Å². The Bertz CT molecular complexity index is 623. The molecule has 0 aromatic rings. The molecule has 4 atom stereocenters. The Hall–Kier alpha value is -2.16. The van der Waals surface area contributed by atoms with Gasteiger partial charge in [-0.25, -0.2) is 4.79 Å². The highest BCUT2D eigenvalue weighted by molar-refractivity contribution is 5.94. The highest BCUT2D eigenvalue weighted by Gasteiger charge is 2.39. The highest BCUT2D eigenvalue weighted by Crippen LogP contribution is 2.21. The number of nitrogens with one attached hydrogen (secondary N) is 1. The Balaban J connectivity index is 1.97. The van der Waals surface area contributed by atoms with Crippen LogP contribution in [0.5, 0.6) is 0 Å². The molecule has 158 valence electrons. The zero-order valence-corrected chi connectivity index (χ0v) is 16.9. The number of hydrogen-bond donors (Lipinski definition) is 3. The van der Waals surface area contributed by atoms with E-state index in [0.29, 0.717) is 45.2 Å². The van der Waals surface area contributed by atoms with Gasteiger partial charge in [0, 0.05) is 13.1 Å². The van der Waals surface area contributed by atoms with Crippen LogP contribution in [0.15, 0.2) is 0 Å². The second-order valence-corrected chi connectivity index (χ2v) is 8.18. The maximum Gasteiger partial charge on any atom is 0.326 e. The summed E-state index contributed by atoms with van der Waals surface area (Å²) in [4.78, 5) is 52.1. The van der Waals surface area contributed by atoms with Crippen LogP contribution in [0.4, 0.5) is 0 Å². The number of nitrogens with two attached hydrogens (primary N) is 1. The molecule has 28 heavy (non-hydrogen) atoms. The summed E-state index contributed by atoms with van der Waals surface area (Å²) in [6.07, 6.45) is 2.81. The van der Waals surface area contributed by atoms with Crippen molar-refractivity contribution in [2.75, 3.05) is 13.1 Å². The zero-order chi connectivity index (χ0) is 21.0. The molecule has 0 aromatic carbocycles. The van der Waals surface area contributed by atoms with Crippen molar-refractivity contribution < 1.29 is 24.3 Å². The molecule has 4 N–H and O–H groups in total.